The van der Waals surface area contributed by atoms with Crippen LogP contribution < -0.4 is 0 Å². The molecule has 134 valence electrons. The third-order valence-electron chi connectivity index (χ3n) is 0.728. The van der Waals surface area contributed by atoms with Gasteiger partial charge in [-0.2, -0.15) is 0 Å². The van der Waals surface area contributed by atoms with Gasteiger partial charge in [0.2, 0.25) is 0 Å². The molecule has 0 atom stereocenters. The van der Waals surface area contributed by atoms with Gasteiger partial charge in [0, 0.05) is 17.1 Å². The van der Waals surface area contributed by atoms with E-state index >= 15 is 0 Å². The third kappa shape index (κ3) is 23.8. The molecular formula is C6H3Cl9FeO6. The van der Waals surface area contributed by atoms with Gasteiger partial charge in [0.05, 0.1) is 0 Å². The molecule has 0 saturated heterocycles. The number of rotatable bonds is 0. The van der Waals surface area contributed by atoms with E-state index in [-0.39, 0.29) is 17.1 Å². The maximum Gasteiger partial charge on any atom is 0.356 e. The van der Waals surface area contributed by atoms with Crippen LogP contribution in [0.2, 0.25) is 0 Å². The van der Waals surface area contributed by atoms with Crippen molar-refractivity contribution in [3.8, 4) is 0 Å². The maximum absolute atomic E-state index is 9.62. The van der Waals surface area contributed by atoms with Crippen LogP contribution in [-0.4, -0.2) is 44.6 Å². The zero-order valence-electron chi connectivity index (χ0n) is 9.32. The predicted octanol–water partition coefficient (Wildman–Crippen LogP) is 4.32. The number of carboxylic acids is 3. The van der Waals surface area contributed by atoms with Gasteiger partial charge in [0.15, 0.2) is 0 Å². The Morgan fingerprint density at radius 2 is 0.545 bits per heavy atom. The van der Waals surface area contributed by atoms with Crippen molar-refractivity contribution in [2.45, 2.75) is 11.4 Å². The molecule has 0 spiro atoms. The summed E-state index contributed by atoms with van der Waals surface area (Å²) in [4.78, 5) is 28.9. The van der Waals surface area contributed by atoms with E-state index in [9.17, 15) is 14.4 Å². The van der Waals surface area contributed by atoms with Gasteiger partial charge in [-0.3, -0.25) is 0 Å². The van der Waals surface area contributed by atoms with E-state index in [4.69, 9.17) is 120 Å². The first kappa shape index (κ1) is 31.3. The van der Waals surface area contributed by atoms with Gasteiger partial charge in [-0.15, -0.1) is 0 Å². The average molecular weight is 546 g/mol. The Morgan fingerprint density at radius 3 is 0.545 bits per heavy atom. The average Bonchev–Trinajstić information content (AvgIpc) is 2.14. The standard InChI is InChI=1S/3C2HCl3O2.Fe/c3*3-2(4,5)1(6)7;/h3*(H,6,7);. The van der Waals surface area contributed by atoms with Crippen molar-refractivity contribution >= 4 is 122 Å². The Labute approximate surface area is 179 Å². The summed E-state index contributed by atoms with van der Waals surface area (Å²) in [7, 11) is 0. The summed E-state index contributed by atoms with van der Waals surface area (Å²) in [6, 6.07) is 0. The summed E-state index contributed by atoms with van der Waals surface area (Å²) in [6.07, 6.45) is 0. The summed E-state index contributed by atoms with van der Waals surface area (Å²) >= 11 is 43.2. The van der Waals surface area contributed by atoms with E-state index < -0.39 is 29.3 Å². The molecule has 0 rings (SSSR count). The summed E-state index contributed by atoms with van der Waals surface area (Å²) in [6.45, 7) is 0. The van der Waals surface area contributed by atoms with Crippen LogP contribution in [0.15, 0.2) is 0 Å². The second-order valence-corrected chi connectivity index (χ2v) is 9.25. The van der Waals surface area contributed by atoms with E-state index in [1.54, 1.807) is 0 Å². The number of hydrogen-bond donors (Lipinski definition) is 3. The predicted molar refractivity (Wildman–Crippen MR) is 83.8 cm³/mol. The molecule has 0 aliphatic heterocycles. The Balaban J connectivity index is -0.000000108. The molecule has 0 radical (unpaired) electrons. The minimum absolute atomic E-state index is 0. The van der Waals surface area contributed by atoms with Crippen molar-refractivity contribution in [1.82, 2.24) is 0 Å². The molecule has 0 heterocycles. The molecule has 16 heteroatoms. The monoisotopic (exact) mass is 542 g/mol. The number of aliphatic carboxylic acids is 3. The van der Waals surface area contributed by atoms with Gasteiger partial charge >= 0.3 is 17.9 Å². The smallest absolute Gasteiger partial charge is 0.356 e. The normalized spacial score (nSPS) is 10.8. The van der Waals surface area contributed by atoms with Crippen molar-refractivity contribution in [2.24, 2.45) is 0 Å². The summed E-state index contributed by atoms with van der Waals surface area (Å²) in [5, 5.41) is 23.6. The molecule has 0 unspecified atom stereocenters. The molecule has 3 N–H and O–H groups in total. The zero-order valence-corrected chi connectivity index (χ0v) is 17.2. The van der Waals surface area contributed by atoms with Crippen molar-refractivity contribution in [3.63, 3.8) is 0 Å². The Morgan fingerprint density at radius 1 is 0.500 bits per heavy atom. The Hall–Kier alpha value is 1.54. The topological polar surface area (TPSA) is 112 Å². The molecular weight excluding hydrogens is 543 g/mol. The van der Waals surface area contributed by atoms with Crippen LogP contribution in [0.3, 0.4) is 0 Å². The van der Waals surface area contributed by atoms with Crippen molar-refractivity contribution in [1.29, 1.82) is 0 Å². The van der Waals surface area contributed by atoms with Crippen LogP contribution in [0, 0.1) is 0 Å². The van der Waals surface area contributed by atoms with Gasteiger partial charge in [0.25, 0.3) is 11.4 Å². The van der Waals surface area contributed by atoms with Crippen molar-refractivity contribution in [3.05, 3.63) is 0 Å². The van der Waals surface area contributed by atoms with E-state index in [1.807, 2.05) is 0 Å². The SMILES string of the molecule is O=C(O)C(Cl)(Cl)Cl.O=C(O)C(Cl)(Cl)Cl.O=C(O)C(Cl)(Cl)Cl.[Fe]. The van der Waals surface area contributed by atoms with Gasteiger partial charge in [-0.05, 0) is 0 Å². The molecule has 6 nitrogen and oxygen atoms in total. The molecule has 0 aliphatic rings. The quantitative estimate of drug-likeness (QED) is 0.309. The first-order chi connectivity index (χ1) is 8.83. The number of carboxylic acid groups (broad SMARTS) is 3. The molecule has 0 aliphatic carbocycles. The Bertz CT molecular complexity index is 313. The van der Waals surface area contributed by atoms with Gasteiger partial charge in [-0.25, -0.2) is 14.4 Å². The third-order valence-corrected chi connectivity index (χ3v) is 2.18. The first-order valence-corrected chi connectivity index (χ1v) is 7.14. The molecule has 0 amide bonds. The van der Waals surface area contributed by atoms with Crippen LogP contribution >= 0.6 is 104 Å². The largest absolute Gasteiger partial charge is 0.478 e. The maximum atomic E-state index is 9.62. The van der Waals surface area contributed by atoms with Gasteiger partial charge in [0.1, 0.15) is 0 Å². The summed E-state index contributed by atoms with van der Waals surface area (Å²) in [5.74, 6) is -4.38. The van der Waals surface area contributed by atoms with Gasteiger partial charge < -0.3 is 15.3 Å². The zero-order chi connectivity index (χ0) is 18.2. The second-order valence-electron chi connectivity index (χ2n) is 2.41. The van der Waals surface area contributed by atoms with Crippen LogP contribution in [0.25, 0.3) is 0 Å². The molecule has 0 bridgehead atoms. The fraction of sp³-hybridized carbons (Fsp3) is 0.500. The van der Waals surface area contributed by atoms with E-state index in [0.717, 1.165) is 0 Å². The van der Waals surface area contributed by atoms with Crippen LogP contribution in [0.5, 0.6) is 0 Å². The Kier molecular flexibility index (Phi) is 18.3. The summed E-state index contributed by atoms with van der Waals surface area (Å²) in [5.41, 5.74) is 0. The fourth-order valence-corrected chi connectivity index (χ4v) is 0. The molecule has 0 aromatic carbocycles. The van der Waals surface area contributed by atoms with Gasteiger partial charge in [-0.1, -0.05) is 104 Å². The fourth-order valence-electron chi connectivity index (χ4n) is 0. The minimum atomic E-state index is -2.17. The van der Waals surface area contributed by atoms with Crippen molar-refractivity contribution < 1.29 is 46.8 Å². The molecule has 0 saturated carbocycles. The van der Waals surface area contributed by atoms with Crippen LogP contribution in [0.4, 0.5) is 0 Å². The number of halogens is 9. The first-order valence-electron chi connectivity index (χ1n) is 3.73. The molecule has 0 aromatic rings. The van der Waals surface area contributed by atoms with Crippen LogP contribution in [-0.2, 0) is 31.5 Å². The van der Waals surface area contributed by atoms with Crippen LogP contribution in [0.1, 0.15) is 0 Å². The number of carbonyl (C=O) groups is 3. The number of alkyl halides is 9. The minimum Gasteiger partial charge on any atom is -0.478 e. The molecule has 22 heavy (non-hydrogen) atoms. The van der Waals surface area contributed by atoms with Crippen molar-refractivity contribution in [2.75, 3.05) is 0 Å². The number of hydrogen-bond acceptors (Lipinski definition) is 3. The molecule has 0 aromatic heterocycles. The van der Waals surface area contributed by atoms with E-state index in [1.165, 1.54) is 0 Å². The second kappa shape index (κ2) is 12.8. The molecule has 0 fully saturated rings. The van der Waals surface area contributed by atoms with E-state index in [0.29, 0.717) is 0 Å². The summed E-state index contributed by atoms with van der Waals surface area (Å²) < 4.78 is -6.50. The van der Waals surface area contributed by atoms with E-state index in [2.05, 4.69) is 0 Å².